The predicted octanol–water partition coefficient (Wildman–Crippen LogP) is 4.51. The Labute approximate surface area is 220 Å². The van der Waals surface area contributed by atoms with Gasteiger partial charge in [0, 0.05) is 74.0 Å². The van der Waals surface area contributed by atoms with Gasteiger partial charge in [0.25, 0.3) is 6.43 Å². The topological polar surface area (TPSA) is 77.2 Å². The van der Waals surface area contributed by atoms with Crippen LogP contribution >= 0.6 is 0 Å². The smallest absolute Gasteiger partial charge is 0.264 e. The summed E-state index contributed by atoms with van der Waals surface area (Å²) in [5.74, 6) is 0.739. The van der Waals surface area contributed by atoms with Crippen molar-refractivity contribution in [2.24, 2.45) is 13.0 Å². The second kappa shape index (κ2) is 10.1. The maximum absolute atomic E-state index is 14.4. The van der Waals surface area contributed by atoms with Crippen LogP contribution in [0.1, 0.15) is 60.5 Å². The molecule has 0 bridgehead atoms. The summed E-state index contributed by atoms with van der Waals surface area (Å²) in [5.41, 5.74) is 5.32. The number of alkyl halides is 2. The van der Waals surface area contributed by atoms with Gasteiger partial charge in [-0.15, -0.1) is 0 Å². The molecule has 1 unspecified atom stereocenters. The third-order valence-electron chi connectivity index (χ3n) is 8.31. The Bertz CT molecular complexity index is 1340. The van der Waals surface area contributed by atoms with Gasteiger partial charge in [-0.05, 0) is 68.2 Å². The van der Waals surface area contributed by atoms with Crippen molar-refractivity contribution < 1.29 is 18.3 Å². The van der Waals surface area contributed by atoms with Crippen LogP contribution in [0.2, 0.25) is 0 Å². The molecule has 10 heteroatoms. The number of carbonyl (C=O) groups excluding carboxylic acids is 1. The van der Waals surface area contributed by atoms with E-state index in [-0.39, 0.29) is 23.4 Å². The SMILES string of the molecule is CNC(=O)C1CCc2c(c(N3CCCc4cc(-c5cnn(C)c5)c(C(F)F)cc43)nn2C2CCOCC2)C1. The maximum Gasteiger partial charge on any atom is 0.264 e. The summed E-state index contributed by atoms with van der Waals surface area (Å²) in [7, 11) is 3.46. The minimum absolute atomic E-state index is 0.00427. The van der Waals surface area contributed by atoms with Gasteiger partial charge in [0.2, 0.25) is 5.91 Å². The molecule has 0 spiro atoms. The molecule has 2 aliphatic heterocycles. The molecule has 4 heterocycles. The lowest BCUT2D eigenvalue weighted by molar-refractivity contribution is -0.124. The Kier molecular flexibility index (Phi) is 6.67. The second-order valence-electron chi connectivity index (χ2n) is 10.6. The number of halogens is 2. The van der Waals surface area contributed by atoms with E-state index in [4.69, 9.17) is 9.84 Å². The maximum atomic E-state index is 14.4. The van der Waals surface area contributed by atoms with Crippen molar-refractivity contribution in [1.29, 1.82) is 0 Å². The van der Waals surface area contributed by atoms with E-state index in [0.29, 0.717) is 37.3 Å². The van der Waals surface area contributed by atoms with Crippen LogP contribution in [0.5, 0.6) is 0 Å². The fourth-order valence-electron chi connectivity index (χ4n) is 6.36. The lowest BCUT2D eigenvalue weighted by Crippen LogP contribution is -2.33. The highest BCUT2D eigenvalue weighted by Crippen LogP contribution is 2.44. The molecular weight excluding hydrogens is 490 g/mol. The summed E-state index contributed by atoms with van der Waals surface area (Å²) in [4.78, 5) is 14.7. The Morgan fingerprint density at radius 2 is 2.00 bits per heavy atom. The summed E-state index contributed by atoms with van der Waals surface area (Å²) in [6.45, 7) is 2.11. The number of rotatable bonds is 5. The fourth-order valence-corrected chi connectivity index (χ4v) is 6.36. The van der Waals surface area contributed by atoms with Crippen LogP contribution < -0.4 is 10.2 Å². The summed E-state index contributed by atoms with van der Waals surface area (Å²) in [6, 6.07) is 3.81. The normalized spacial score (nSPS) is 19.9. The molecule has 1 atom stereocenters. The quantitative estimate of drug-likeness (QED) is 0.532. The number of anilines is 2. The largest absolute Gasteiger partial charge is 0.381 e. The van der Waals surface area contributed by atoms with Gasteiger partial charge in [-0.3, -0.25) is 14.2 Å². The molecule has 1 aromatic carbocycles. The number of nitrogens with one attached hydrogen (secondary N) is 1. The zero-order chi connectivity index (χ0) is 26.4. The first-order valence-electron chi connectivity index (χ1n) is 13.6. The molecule has 38 heavy (non-hydrogen) atoms. The van der Waals surface area contributed by atoms with E-state index in [9.17, 15) is 13.6 Å². The zero-order valence-electron chi connectivity index (χ0n) is 21.9. The number of nitrogens with zero attached hydrogens (tertiary/aromatic N) is 5. The van der Waals surface area contributed by atoms with Gasteiger partial charge in [-0.25, -0.2) is 8.78 Å². The molecule has 1 fully saturated rings. The number of hydrogen-bond acceptors (Lipinski definition) is 5. The van der Waals surface area contributed by atoms with E-state index in [0.717, 1.165) is 61.2 Å². The van der Waals surface area contributed by atoms with Crippen LogP contribution in [0, 0.1) is 5.92 Å². The van der Waals surface area contributed by atoms with Gasteiger partial charge in [0.05, 0.1) is 12.2 Å². The minimum atomic E-state index is -2.62. The highest BCUT2D eigenvalue weighted by atomic mass is 19.3. The van der Waals surface area contributed by atoms with E-state index in [1.165, 1.54) is 5.69 Å². The molecule has 8 nitrogen and oxygen atoms in total. The number of aryl methyl sites for hydroxylation is 2. The summed E-state index contributed by atoms with van der Waals surface area (Å²) >= 11 is 0. The number of benzene rings is 1. The number of hydrogen-bond donors (Lipinski definition) is 1. The van der Waals surface area contributed by atoms with Crippen LogP contribution in [-0.2, 0) is 35.8 Å². The Hall–Kier alpha value is -3.27. The van der Waals surface area contributed by atoms with E-state index in [1.807, 2.05) is 6.07 Å². The molecule has 202 valence electrons. The van der Waals surface area contributed by atoms with Gasteiger partial charge in [0.15, 0.2) is 5.82 Å². The monoisotopic (exact) mass is 524 g/mol. The van der Waals surface area contributed by atoms with Crippen molar-refractivity contribution in [3.8, 4) is 11.1 Å². The lowest BCUT2D eigenvalue weighted by atomic mass is 9.85. The first-order chi connectivity index (χ1) is 18.4. The molecular formula is C28H34F2N6O2. The average Bonchev–Trinajstić information content (AvgIpc) is 3.55. The molecule has 0 saturated carbocycles. The summed E-state index contributed by atoms with van der Waals surface area (Å²) < 4.78 is 38.2. The molecule has 1 N–H and O–H groups in total. The number of ether oxygens (including phenoxy) is 1. The van der Waals surface area contributed by atoms with E-state index in [2.05, 4.69) is 20.0 Å². The van der Waals surface area contributed by atoms with Crippen LogP contribution in [-0.4, -0.2) is 52.3 Å². The van der Waals surface area contributed by atoms with Gasteiger partial charge < -0.3 is 15.0 Å². The van der Waals surface area contributed by atoms with Crippen molar-refractivity contribution in [2.45, 2.75) is 57.4 Å². The summed E-state index contributed by atoms with van der Waals surface area (Å²) in [5, 5.41) is 12.2. The van der Waals surface area contributed by atoms with Crippen LogP contribution in [0.4, 0.5) is 20.3 Å². The van der Waals surface area contributed by atoms with Crippen molar-refractivity contribution in [3.63, 3.8) is 0 Å². The second-order valence-corrected chi connectivity index (χ2v) is 10.6. The Morgan fingerprint density at radius 1 is 1.18 bits per heavy atom. The molecule has 1 amide bonds. The van der Waals surface area contributed by atoms with Crippen LogP contribution in [0.3, 0.4) is 0 Å². The van der Waals surface area contributed by atoms with Crippen LogP contribution in [0.15, 0.2) is 24.5 Å². The van der Waals surface area contributed by atoms with Gasteiger partial charge in [-0.1, -0.05) is 0 Å². The van der Waals surface area contributed by atoms with Gasteiger partial charge >= 0.3 is 0 Å². The molecule has 2 aromatic heterocycles. The molecule has 3 aromatic rings. The van der Waals surface area contributed by atoms with Gasteiger partial charge in [0.1, 0.15) is 0 Å². The van der Waals surface area contributed by atoms with Crippen molar-refractivity contribution in [3.05, 3.63) is 46.9 Å². The van der Waals surface area contributed by atoms with Crippen molar-refractivity contribution >= 4 is 17.4 Å². The first kappa shape index (κ1) is 25.0. The van der Waals surface area contributed by atoms with E-state index < -0.39 is 6.43 Å². The zero-order valence-corrected chi connectivity index (χ0v) is 21.9. The van der Waals surface area contributed by atoms with Gasteiger partial charge in [-0.2, -0.15) is 10.2 Å². The summed E-state index contributed by atoms with van der Waals surface area (Å²) in [6.07, 6.45) is 6.46. The van der Waals surface area contributed by atoms with E-state index >= 15 is 0 Å². The van der Waals surface area contributed by atoms with Crippen LogP contribution in [0.25, 0.3) is 11.1 Å². The Morgan fingerprint density at radius 3 is 2.71 bits per heavy atom. The fraction of sp³-hybridized carbons (Fsp3) is 0.536. The third kappa shape index (κ3) is 4.38. The number of fused-ring (bicyclic) bond motifs is 2. The molecule has 0 radical (unpaired) electrons. The molecule has 1 saturated heterocycles. The predicted molar refractivity (Wildman–Crippen MR) is 140 cm³/mol. The Balaban J connectivity index is 1.46. The number of amides is 1. The lowest BCUT2D eigenvalue weighted by Gasteiger charge is -2.32. The average molecular weight is 525 g/mol. The highest BCUT2D eigenvalue weighted by molar-refractivity contribution is 5.80. The van der Waals surface area contributed by atoms with Crippen molar-refractivity contribution in [1.82, 2.24) is 24.9 Å². The first-order valence-corrected chi connectivity index (χ1v) is 13.6. The minimum Gasteiger partial charge on any atom is -0.381 e. The molecule has 1 aliphatic carbocycles. The number of aromatic nitrogens is 4. The van der Waals surface area contributed by atoms with E-state index in [1.54, 1.807) is 37.2 Å². The number of carbonyl (C=O) groups is 1. The highest BCUT2D eigenvalue weighted by Gasteiger charge is 2.35. The standard InChI is InChI=1S/C28H34F2N6O2/c1-31-28(37)18-5-6-24-23(13-18)27(33-36(24)20-7-10-38-11-8-20)35-9-3-4-17-12-21(19-15-32-34(2)16-19)22(26(29)30)14-25(17)35/h12,14-16,18,20,26H,3-11,13H2,1-2H3,(H,31,37). The molecule has 6 rings (SSSR count). The van der Waals surface area contributed by atoms with Crippen molar-refractivity contribution in [2.75, 3.05) is 31.7 Å². The molecule has 3 aliphatic rings. The third-order valence-corrected chi connectivity index (χ3v) is 8.31.